The topological polar surface area (TPSA) is 139 Å². The minimum absolute atomic E-state index is 0.128. The van der Waals surface area contributed by atoms with Crippen LogP contribution >= 0.6 is 0 Å². The summed E-state index contributed by atoms with van der Waals surface area (Å²) in [5.41, 5.74) is 6.47. The van der Waals surface area contributed by atoms with E-state index in [1.807, 2.05) is 23.1 Å². The van der Waals surface area contributed by atoms with E-state index < -0.39 is 24.3 Å². The molecule has 8 rings (SSSR count). The molecule has 5 aromatic rings. The molecule has 1 saturated heterocycles. The second kappa shape index (κ2) is 14.6. The van der Waals surface area contributed by atoms with Gasteiger partial charge in [-0.1, -0.05) is 24.0 Å². The van der Waals surface area contributed by atoms with E-state index in [4.69, 9.17) is 0 Å². The number of carbonyl (C=O) groups excluding carboxylic acids is 4. The second-order valence-corrected chi connectivity index (χ2v) is 14.2. The van der Waals surface area contributed by atoms with Crippen molar-refractivity contribution < 1.29 is 28.0 Å². The van der Waals surface area contributed by atoms with Gasteiger partial charge in [-0.15, -0.1) is 0 Å². The average molecular weight is 758 g/mol. The fourth-order valence-electron chi connectivity index (χ4n) is 7.89. The van der Waals surface area contributed by atoms with Crippen molar-refractivity contribution in [1.29, 1.82) is 0 Å². The molecule has 0 bridgehead atoms. The van der Waals surface area contributed by atoms with Gasteiger partial charge in [0.25, 0.3) is 18.2 Å². The molecule has 14 heteroatoms. The van der Waals surface area contributed by atoms with Crippen molar-refractivity contribution in [3.8, 4) is 23.0 Å². The molecule has 1 fully saturated rings. The number of pyridine rings is 1. The number of halogens is 2. The number of hydrogen-bond donors (Lipinski definition) is 2. The van der Waals surface area contributed by atoms with Gasteiger partial charge in [-0.05, 0) is 84.5 Å². The number of imidazole rings is 1. The van der Waals surface area contributed by atoms with Crippen LogP contribution in [0.4, 0.5) is 20.2 Å². The highest BCUT2D eigenvalue weighted by Gasteiger charge is 2.39. The van der Waals surface area contributed by atoms with Gasteiger partial charge < -0.3 is 15.1 Å². The smallest absolute Gasteiger partial charge is 0.328 e. The van der Waals surface area contributed by atoms with Crippen LogP contribution in [0.1, 0.15) is 75.2 Å². The molecule has 284 valence electrons. The van der Waals surface area contributed by atoms with Crippen LogP contribution in [0.2, 0.25) is 0 Å². The molecule has 0 radical (unpaired) electrons. The summed E-state index contributed by atoms with van der Waals surface area (Å²) >= 11 is 0. The van der Waals surface area contributed by atoms with Crippen LogP contribution in [0.5, 0.6) is 0 Å². The fraction of sp³-hybridized carbons (Fsp3) is 0.286. The van der Waals surface area contributed by atoms with Gasteiger partial charge in [0.05, 0.1) is 11.0 Å². The van der Waals surface area contributed by atoms with Crippen molar-refractivity contribution in [3.05, 3.63) is 111 Å². The first-order valence-corrected chi connectivity index (χ1v) is 18.4. The lowest BCUT2D eigenvalue weighted by atomic mass is 9.92. The molecule has 3 aliphatic rings. The Balaban J connectivity index is 0.933. The molecule has 1 atom stereocenters. The zero-order valence-electron chi connectivity index (χ0n) is 30.7. The first-order chi connectivity index (χ1) is 27.0. The highest BCUT2D eigenvalue weighted by Crippen LogP contribution is 2.41. The highest BCUT2D eigenvalue weighted by atomic mass is 19.3. The number of rotatable bonds is 7. The van der Waals surface area contributed by atoms with Crippen LogP contribution in [0, 0.1) is 11.8 Å². The van der Waals surface area contributed by atoms with Gasteiger partial charge in [-0.25, -0.2) is 13.6 Å². The maximum atomic E-state index is 14.6. The quantitative estimate of drug-likeness (QED) is 0.137. The van der Waals surface area contributed by atoms with Gasteiger partial charge in [-0.3, -0.25) is 38.6 Å². The Labute approximate surface area is 320 Å². The van der Waals surface area contributed by atoms with Crippen LogP contribution < -0.4 is 21.2 Å². The summed E-state index contributed by atoms with van der Waals surface area (Å²) in [6.07, 6.45) is 0.930. The highest BCUT2D eigenvalue weighted by molar-refractivity contribution is 6.05. The van der Waals surface area contributed by atoms with Gasteiger partial charge >= 0.3 is 5.69 Å². The standard InChI is InChI=1S/C42H37F2N7O5/c1-48-33-14-12-27(20-36(33)49(2)42(48)56)50-18-6-9-25-19-29(30(38(43)44)21-35(25)50)26-11-13-32(46-22-26)39(53)45-17-4-3-7-24-8-5-10-28-31(24)23-51(41(28)55)34-15-16-37(52)47-40(34)54/h5,8,10-14,19-22,34,38H,4,6,9,15-18,23H2,1-2H3,(H,45,53)(H,47,52,54). The van der Waals surface area contributed by atoms with E-state index in [9.17, 15) is 32.8 Å². The molecule has 1 unspecified atom stereocenters. The van der Waals surface area contributed by atoms with Crippen molar-refractivity contribution in [2.24, 2.45) is 14.1 Å². The molecule has 2 aromatic heterocycles. The van der Waals surface area contributed by atoms with Gasteiger partial charge in [0.15, 0.2) is 0 Å². The zero-order chi connectivity index (χ0) is 39.2. The van der Waals surface area contributed by atoms with E-state index in [2.05, 4.69) is 27.5 Å². The first kappa shape index (κ1) is 36.4. The van der Waals surface area contributed by atoms with Crippen LogP contribution in [0.25, 0.3) is 22.2 Å². The van der Waals surface area contributed by atoms with Crippen molar-refractivity contribution >= 4 is 46.0 Å². The molecule has 3 aliphatic heterocycles. The number of nitrogens with zero attached hydrogens (tertiary/aromatic N) is 5. The molecule has 4 amide bonds. The zero-order valence-corrected chi connectivity index (χ0v) is 30.7. The monoisotopic (exact) mass is 757 g/mol. The van der Waals surface area contributed by atoms with Crippen LogP contribution in [0.3, 0.4) is 0 Å². The predicted molar refractivity (Wildman–Crippen MR) is 204 cm³/mol. The Bertz CT molecular complexity index is 2580. The predicted octanol–water partition coefficient (Wildman–Crippen LogP) is 4.89. The Morgan fingerprint density at radius 1 is 0.982 bits per heavy atom. The number of anilines is 2. The third kappa shape index (κ3) is 6.48. The summed E-state index contributed by atoms with van der Waals surface area (Å²) in [5, 5.41) is 5.09. The number of amides is 4. The van der Waals surface area contributed by atoms with Crippen LogP contribution in [-0.2, 0) is 36.6 Å². The second-order valence-electron chi connectivity index (χ2n) is 14.2. The summed E-state index contributed by atoms with van der Waals surface area (Å²) in [6, 6.07) is 16.7. The summed E-state index contributed by atoms with van der Waals surface area (Å²) in [7, 11) is 3.43. The lowest BCUT2D eigenvalue weighted by Gasteiger charge is -2.32. The SMILES string of the molecule is Cn1c(=O)n(C)c2cc(N3CCCc4cc(-c5ccc(C(=O)NCCC#Cc6cccc7c6CN(C6CCC(=O)NC6=O)C7=O)nc5)c(C(F)F)cc43)ccc21. The third-order valence-electron chi connectivity index (χ3n) is 10.8. The normalized spacial score (nSPS) is 16.4. The average Bonchev–Trinajstić information content (AvgIpc) is 3.65. The summed E-state index contributed by atoms with van der Waals surface area (Å²) in [4.78, 5) is 70.3. The summed E-state index contributed by atoms with van der Waals surface area (Å²) in [6.45, 7) is 1.07. The van der Waals surface area contributed by atoms with Crippen molar-refractivity contribution in [2.45, 2.75) is 51.1 Å². The molecule has 3 aromatic carbocycles. The van der Waals surface area contributed by atoms with E-state index in [1.54, 1.807) is 59.6 Å². The number of benzene rings is 3. The van der Waals surface area contributed by atoms with Gasteiger partial charge in [0.1, 0.15) is 11.7 Å². The minimum atomic E-state index is -2.76. The van der Waals surface area contributed by atoms with Crippen LogP contribution in [0.15, 0.2) is 71.7 Å². The number of nitrogens with one attached hydrogen (secondary N) is 2. The lowest BCUT2D eigenvalue weighted by Crippen LogP contribution is -2.52. The van der Waals surface area contributed by atoms with E-state index in [0.717, 1.165) is 28.7 Å². The molecule has 0 saturated carbocycles. The van der Waals surface area contributed by atoms with E-state index in [-0.39, 0.29) is 54.7 Å². The number of imide groups is 1. The molecule has 5 heterocycles. The number of aryl methyl sites for hydroxylation is 3. The Hall–Kier alpha value is -6.62. The maximum absolute atomic E-state index is 14.6. The number of alkyl halides is 2. The van der Waals surface area contributed by atoms with Gasteiger partial charge in [0, 0.05) is 86.4 Å². The number of aromatic nitrogens is 3. The molecular weight excluding hydrogens is 721 g/mol. The van der Waals surface area contributed by atoms with Gasteiger partial charge in [-0.2, -0.15) is 0 Å². The Morgan fingerprint density at radius 3 is 2.57 bits per heavy atom. The Morgan fingerprint density at radius 2 is 1.80 bits per heavy atom. The molecule has 56 heavy (non-hydrogen) atoms. The maximum Gasteiger partial charge on any atom is 0.328 e. The van der Waals surface area contributed by atoms with Crippen molar-refractivity contribution in [2.75, 3.05) is 18.0 Å². The van der Waals surface area contributed by atoms with E-state index >= 15 is 0 Å². The summed E-state index contributed by atoms with van der Waals surface area (Å²) in [5.74, 6) is 4.57. The number of hydrogen-bond acceptors (Lipinski definition) is 7. The number of piperidine rings is 1. The minimum Gasteiger partial charge on any atom is -0.350 e. The fourth-order valence-corrected chi connectivity index (χ4v) is 7.89. The third-order valence-corrected chi connectivity index (χ3v) is 10.8. The largest absolute Gasteiger partial charge is 0.350 e. The first-order valence-electron chi connectivity index (χ1n) is 18.4. The van der Waals surface area contributed by atoms with E-state index in [0.29, 0.717) is 52.9 Å². The van der Waals surface area contributed by atoms with Crippen molar-refractivity contribution in [3.63, 3.8) is 0 Å². The molecule has 12 nitrogen and oxygen atoms in total. The molecule has 2 N–H and O–H groups in total. The van der Waals surface area contributed by atoms with E-state index in [1.165, 1.54) is 17.2 Å². The Kier molecular flexibility index (Phi) is 9.45. The van der Waals surface area contributed by atoms with Crippen LogP contribution in [-0.4, -0.2) is 61.8 Å². The number of fused-ring (bicyclic) bond motifs is 3. The van der Waals surface area contributed by atoms with Crippen molar-refractivity contribution in [1.82, 2.24) is 29.7 Å². The molecule has 0 aliphatic carbocycles. The summed E-state index contributed by atoms with van der Waals surface area (Å²) < 4.78 is 32.4. The molecule has 0 spiro atoms. The number of carbonyl (C=O) groups is 4. The molecular formula is C42H37F2N7O5. The lowest BCUT2D eigenvalue weighted by molar-refractivity contribution is -0.136. The van der Waals surface area contributed by atoms with Gasteiger partial charge in [0.2, 0.25) is 11.8 Å².